The van der Waals surface area contributed by atoms with E-state index in [1.54, 1.807) is 30.3 Å². The summed E-state index contributed by atoms with van der Waals surface area (Å²) in [6.45, 7) is 0. The van der Waals surface area contributed by atoms with Gasteiger partial charge in [0.15, 0.2) is 0 Å². The first kappa shape index (κ1) is 13.7. The third kappa shape index (κ3) is 2.28. The van der Waals surface area contributed by atoms with E-state index in [0.29, 0.717) is 11.3 Å². The predicted molar refractivity (Wildman–Crippen MR) is 78.3 cm³/mol. The number of amides is 3. The van der Waals surface area contributed by atoms with E-state index in [0.717, 1.165) is 0 Å². The Hall–Kier alpha value is -3.22. The van der Waals surface area contributed by atoms with Gasteiger partial charge in [0.25, 0.3) is 11.6 Å². The van der Waals surface area contributed by atoms with Gasteiger partial charge in [-0.25, -0.2) is 4.79 Å². The van der Waals surface area contributed by atoms with Gasteiger partial charge in [0, 0.05) is 17.8 Å². The van der Waals surface area contributed by atoms with E-state index >= 15 is 0 Å². The smallest absolute Gasteiger partial charge is 0.277 e. The highest BCUT2D eigenvalue weighted by atomic mass is 16.6. The van der Waals surface area contributed by atoms with Crippen LogP contribution in [0.4, 0.5) is 16.2 Å². The Morgan fingerprint density at radius 3 is 2.23 bits per heavy atom. The fourth-order valence-corrected chi connectivity index (χ4v) is 2.40. The third-order valence-corrected chi connectivity index (χ3v) is 3.41. The summed E-state index contributed by atoms with van der Waals surface area (Å²) in [5.41, 5.74) is 1.02. The van der Waals surface area contributed by atoms with Gasteiger partial charge in [0.05, 0.1) is 4.92 Å². The number of carbonyl (C=O) groups excluding carboxylic acids is 2. The van der Waals surface area contributed by atoms with Gasteiger partial charge >= 0.3 is 6.03 Å². The molecule has 7 nitrogen and oxygen atoms in total. The molecule has 0 radical (unpaired) electrons. The van der Waals surface area contributed by atoms with E-state index in [-0.39, 0.29) is 5.69 Å². The lowest BCUT2D eigenvalue weighted by atomic mass is 10.0. The summed E-state index contributed by atoms with van der Waals surface area (Å²) in [5, 5.41) is 13.0. The molecule has 0 spiro atoms. The summed E-state index contributed by atoms with van der Waals surface area (Å²) < 4.78 is 0. The molecule has 110 valence electrons. The number of nitro groups is 1. The molecule has 1 fully saturated rings. The molecule has 1 N–H and O–H groups in total. The monoisotopic (exact) mass is 297 g/mol. The maximum Gasteiger partial charge on any atom is 0.329 e. The molecular weight excluding hydrogens is 286 g/mol. The second-order valence-electron chi connectivity index (χ2n) is 4.75. The van der Waals surface area contributed by atoms with Crippen LogP contribution in [0.15, 0.2) is 54.6 Å². The molecule has 2 aromatic carbocycles. The number of carbonyl (C=O) groups is 2. The van der Waals surface area contributed by atoms with Crippen LogP contribution < -0.4 is 10.2 Å². The lowest BCUT2D eigenvalue weighted by molar-refractivity contribution is -0.384. The molecule has 0 aliphatic carbocycles. The van der Waals surface area contributed by atoms with Gasteiger partial charge in [0.1, 0.15) is 6.04 Å². The average Bonchev–Trinajstić information content (AvgIpc) is 2.82. The Kier molecular flexibility index (Phi) is 3.30. The quantitative estimate of drug-likeness (QED) is 0.535. The molecule has 1 aliphatic rings. The molecule has 0 aromatic heterocycles. The molecule has 7 heteroatoms. The van der Waals surface area contributed by atoms with Gasteiger partial charge in [-0.05, 0) is 29.8 Å². The number of non-ortho nitro benzene ring substituents is 1. The van der Waals surface area contributed by atoms with Crippen molar-refractivity contribution < 1.29 is 14.5 Å². The molecule has 1 unspecified atom stereocenters. The zero-order chi connectivity index (χ0) is 15.7. The summed E-state index contributed by atoms with van der Waals surface area (Å²) in [5.74, 6) is -0.456. The van der Waals surface area contributed by atoms with Crippen molar-refractivity contribution in [3.8, 4) is 0 Å². The molecule has 2 aromatic rings. The van der Waals surface area contributed by atoms with Crippen molar-refractivity contribution in [1.29, 1.82) is 0 Å². The first-order chi connectivity index (χ1) is 10.6. The highest BCUT2D eigenvalue weighted by Gasteiger charge is 2.40. The van der Waals surface area contributed by atoms with Crippen molar-refractivity contribution in [3.63, 3.8) is 0 Å². The number of para-hydroxylation sites is 1. The number of benzene rings is 2. The number of nitrogens with zero attached hydrogens (tertiary/aromatic N) is 2. The third-order valence-electron chi connectivity index (χ3n) is 3.41. The average molecular weight is 297 g/mol. The normalized spacial score (nSPS) is 17.5. The minimum absolute atomic E-state index is 0.0697. The molecule has 0 bridgehead atoms. The number of imide groups is 1. The van der Waals surface area contributed by atoms with Crippen molar-refractivity contribution in [2.24, 2.45) is 0 Å². The van der Waals surface area contributed by atoms with Gasteiger partial charge in [-0.3, -0.25) is 25.1 Å². The standard InChI is InChI=1S/C15H11N3O4/c19-14-13(10-6-8-12(9-7-10)18(21)22)17(15(20)16-14)11-4-2-1-3-5-11/h1-9,13H,(H,16,19,20). The molecule has 3 amide bonds. The highest BCUT2D eigenvalue weighted by Crippen LogP contribution is 2.31. The summed E-state index contributed by atoms with van der Waals surface area (Å²) in [7, 11) is 0. The maximum atomic E-state index is 12.1. The Bertz CT molecular complexity index is 743. The van der Waals surface area contributed by atoms with Crippen molar-refractivity contribution in [1.82, 2.24) is 5.32 Å². The molecule has 3 rings (SSSR count). The van der Waals surface area contributed by atoms with Crippen LogP contribution in [0, 0.1) is 10.1 Å². The highest BCUT2D eigenvalue weighted by molar-refractivity contribution is 6.14. The van der Waals surface area contributed by atoms with Gasteiger partial charge in [-0.2, -0.15) is 0 Å². The van der Waals surface area contributed by atoms with Crippen LogP contribution in [-0.2, 0) is 4.79 Å². The lowest BCUT2D eigenvalue weighted by Gasteiger charge is -2.21. The van der Waals surface area contributed by atoms with Gasteiger partial charge in [0.2, 0.25) is 0 Å². The maximum absolute atomic E-state index is 12.1. The number of urea groups is 1. The van der Waals surface area contributed by atoms with Crippen molar-refractivity contribution >= 4 is 23.3 Å². The van der Waals surface area contributed by atoms with Gasteiger partial charge in [-0.15, -0.1) is 0 Å². The van der Waals surface area contributed by atoms with E-state index < -0.39 is 22.9 Å². The molecular formula is C15H11N3O4. The minimum Gasteiger partial charge on any atom is -0.277 e. The van der Waals surface area contributed by atoms with Gasteiger partial charge in [-0.1, -0.05) is 18.2 Å². The Morgan fingerprint density at radius 2 is 1.64 bits per heavy atom. The first-order valence-electron chi connectivity index (χ1n) is 6.51. The van der Waals surface area contributed by atoms with Crippen molar-refractivity contribution in [3.05, 3.63) is 70.3 Å². The van der Waals surface area contributed by atoms with Crippen LogP contribution >= 0.6 is 0 Å². The first-order valence-corrected chi connectivity index (χ1v) is 6.51. The lowest BCUT2D eigenvalue weighted by Crippen LogP contribution is -2.29. The van der Waals surface area contributed by atoms with E-state index in [1.165, 1.54) is 29.2 Å². The predicted octanol–water partition coefficient (Wildman–Crippen LogP) is 2.39. The topological polar surface area (TPSA) is 92.6 Å². The molecule has 1 saturated heterocycles. The van der Waals surface area contributed by atoms with E-state index in [1.807, 2.05) is 0 Å². The van der Waals surface area contributed by atoms with Gasteiger partial charge < -0.3 is 0 Å². The number of nitro benzene ring substituents is 1. The number of hydrogen-bond acceptors (Lipinski definition) is 4. The Morgan fingerprint density at radius 1 is 1.00 bits per heavy atom. The van der Waals surface area contributed by atoms with Crippen LogP contribution in [0.2, 0.25) is 0 Å². The van der Waals surface area contributed by atoms with Crippen LogP contribution in [0.1, 0.15) is 11.6 Å². The molecule has 1 aliphatic heterocycles. The van der Waals surface area contributed by atoms with Crippen LogP contribution in [0.5, 0.6) is 0 Å². The molecule has 22 heavy (non-hydrogen) atoms. The van der Waals surface area contributed by atoms with Crippen molar-refractivity contribution in [2.45, 2.75) is 6.04 Å². The summed E-state index contributed by atoms with van der Waals surface area (Å²) in [6.07, 6.45) is 0. The van der Waals surface area contributed by atoms with Crippen LogP contribution in [-0.4, -0.2) is 16.9 Å². The number of hydrogen-bond donors (Lipinski definition) is 1. The van der Waals surface area contributed by atoms with E-state index in [2.05, 4.69) is 5.32 Å². The zero-order valence-electron chi connectivity index (χ0n) is 11.3. The largest absolute Gasteiger partial charge is 0.329 e. The Balaban J connectivity index is 2.01. The van der Waals surface area contributed by atoms with Crippen LogP contribution in [0.3, 0.4) is 0 Å². The minimum atomic E-state index is -0.837. The second-order valence-corrected chi connectivity index (χ2v) is 4.75. The van der Waals surface area contributed by atoms with E-state index in [9.17, 15) is 19.7 Å². The SMILES string of the molecule is O=C1NC(=O)N(c2ccccc2)C1c1ccc([N+](=O)[O-])cc1. The number of anilines is 1. The van der Waals surface area contributed by atoms with E-state index in [4.69, 9.17) is 0 Å². The zero-order valence-corrected chi connectivity index (χ0v) is 11.3. The van der Waals surface area contributed by atoms with Crippen molar-refractivity contribution in [2.75, 3.05) is 4.90 Å². The number of nitrogens with one attached hydrogen (secondary N) is 1. The Labute approximate surface area is 125 Å². The summed E-state index contributed by atoms with van der Waals surface area (Å²) >= 11 is 0. The fraction of sp³-hybridized carbons (Fsp3) is 0.0667. The molecule has 1 atom stereocenters. The summed E-state index contributed by atoms with van der Waals surface area (Å²) in [6, 6.07) is 13.0. The second kappa shape index (κ2) is 5.28. The summed E-state index contributed by atoms with van der Waals surface area (Å²) in [4.78, 5) is 35.6. The number of rotatable bonds is 3. The molecule has 0 saturated carbocycles. The molecule has 1 heterocycles. The van der Waals surface area contributed by atoms with Crippen LogP contribution in [0.25, 0.3) is 0 Å². The fourth-order valence-electron chi connectivity index (χ4n) is 2.40.